The van der Waals surface area contributed by atoms with Gasteiger partial charge in [-0.15, -0.1) is 0 Å². The van der Waals surface area contributed by atoms with Gasteiger partial charge >= 0.3 is 0 Å². The van der Waals surface area contributed by atoms with Gasteiger partial charge in [-0.25, -0.2) is 0 Å². The molecule has 3 nitrogen and oxygen atoms in total. The molecule has 0 aliphatic heterocycles. The van der Waals surface area contributed by atoms with E-state index in [1.807, 2.05) is 0 Å². The van der Waals surface area contributed by atoms with Crippen LogP contribution in [0.25, 0.3) is 0 Å². The molecule has 0 aromatic heterocycles. The van der Waals surface area contributed by atoms with E-state index in [0.29, 0.717) is 12.6 Å². The Morgan fingerprint density at radius 2 is 1.79 bits per heavy atom. The molecule has 0 bridgehead atoms. The van der Waals surface area contributed by atoms with E-state index in [0.717, 1.165) is 32.8 Å². The minimum absolute atomic E-state index is 0.440. The van der Waals surface area contributed by atoms with E-state index >= 15 is 0 Å². The van der Waals surface area contributed by atoms with Crippen molar-refractivity contribution < 1.29 is 9.47 Å². The minimum atomic E-state index is 0.440. The lowest BCUT2D eigenvalue weighted by Gasteiger charge is -2.12. The van der Waals surface area contributed by atoms with Crippen molar-refractivity contribution >= 4 is 0 Å². The summed E-state index contributed by atoms with van der Waals surface area (Å²) in [4.78, 5) is 0. The molecule has 0 aliphatic rings. The quantitative estimate of drug-likeness (QED) is 0.549. The normalized spacial score (nSPS) is 13.1. The van der Waals surface area contributed by atoms with Gasteiger partial charge in [-0.3, -0.25) is 0 Å². The van der Waals surface area contributed by atoms with Crippen molar-refractivity contribution in [3.63, 3.8) is 0 Å². The molecule has 0 aromatic rings. The molecular formula is C11H25NO2. The van der Waals surface area contributed by atoms with Crippen molar-refractivity contribution in [3.05, 3.63) is 0 Å². The van der Waals surface area contributed by atoms with E-state index in [9.17, 15) is 0 Å². The number of likely N-dealkylation sites (N-methyl/N-ethyl adjacent to an activating group) is 1. The van der Waals surface area contributed by atoms with E-state index < -0.39 is 0 Å². The smallest absolute Gasteiger partial charge is 0.0701 e. The van der Waals surface area contributed by atoms with Crippen LogP contribution in [0.5, 0.6) is 0 Å². The van der Waals surface area contributed by atoms with Crippen LogP contribution in [-0.4, -0.2) is 39.0 Å². The molecule has 3 heteroatoms. The number of hydrogen-bond acceptors (Lipinski definition) is 3. The maximum atomic E-state index is 5.44. The Hall–Kier alpha value is -0.120. The predicted molar refractivity (Wildman–Crippen MR) is 59.7 cm³/mol. The molecule has 0 aliphatic carbocycles. The summed E-state index contributed by atoms with van der Waals surface area (Å²) in [6, 6.07) is 0.440. The van der Waals surface area contributed by atoms with Crippen LogP contribution in [-0.2, 0) is 9.47 Å². The highest BCUT2D eigenvalue weighted by Gasteiger charge is 1.98. The van der Waals surface area contributed by atoms with Crippen molar-refractivity contribution in [3.8, 4) is 0 Å². The van der Waals surface area contributed by atoms with E-state index in [1.54, 1.807) is 0 Å². The first-order valence-electron chi connectivity index (χ1n) is 5.70. The number of ether oxygens (including phenoxy) is 2. The number of unbranched alkanes of at least 4 members (excludes halogenated alkanes) is 1. The van der Waals surface area contributed by atoms with Gasteiger partial charge in [0.25, 0.3) is 0 Å². The van der Waals surface area contributed by atoms with Crippen molar-refractivity contribution in [2.45, 2.75) is 39.7 Å². The molecule has 0 saturated carbocycles. The zero-order valence-corrected chi connectivity index (χ0v) is 9.84. The zero-order chi connectivity index (χ0) is 10.6. The van der Waals surface area contributed by atoms with Crippen LogP contribution >= 0.6 is 0 Å². The molecule has 14 heavy (non-hydrogen) atoms. The van der Waals surface area contributed by atoms with Crippen LogP contribution in [0.2, 0.25) is 0 Å². The van der Waals surface area contributed by atoms with Crippen LogP contribution in [0.15, 0.2) is 0 Å². The lowest BCUT2D eigenvalue weighted by Crippen LogP contribution is -2.30. The van der Waals surface area contributed by atoms with Crippen molar-refractivity contribution in [1.29, 1.82) is 0 Å². The van der Waals surface area contributed by atoms with Crippen LogP contribution in [0.1, 0.15) is 33.6 Å². The average molecular weight is 203 g/mol. The third-order valence-electron chi connectivity index (χ3n) is 1.93. The fraction of sp³-hybridized carbons (Fsp3) is 1.00. The molecule has 1 unspecified atom stereocenters. The van der Waals surface area contributed by atoms with Gasteiger partial charge in [0.05, 0.1) is 19.8 Å². The predicted octanol–water partition coefficient (Wildman–Crippen LogP) is 1.82. The van der Waals surface area contributed by atoms with Gasteiger partial charge in [-0.05, 0) is 19.9 Å². The van der Waals surface area contributed by atoms with Crippen LogP contribution in [0.4, 0.5) is 0 Å². The molecule has 86 valence electrons. The van der Waals surface area contributed by atoms with Gasteiger partial charge in [-0.1, -0.05) is 20.3 Å². The fourth-order valence-corrected chi connectivity index (χ4v) is 1.13. The Morgan fingerprint density at radius 1 is 1.07 bits per heavy atom. The van der Waals surface area contributed by atoms with Crippen molar-refractivity contribution in [2.24, 2.45) is 0 Å². The summed E-state index contributed by atoms with van der Waals surface area (Å²) in [5, 5.41) is 3.29. The Balaban J connectivity index is 2.98. The zero-order valence-electron chi connectivity index (χ0n) is 9.84. The second-order valence-electron chi connectivity index (χ2n) is 3.50. The lowest BCUT2D eigenvalue weighted by molar-refractivity contribution is 0.0401. The van der Waals surface area contributed by atoms with Gasteiger partial charge < -0.3 is 14.8 Å². The van der Waals surface area contributed by atoms with Gasteiger partial charge in [0.1, 0.15) is 0 Å². The fourth-order valence-electron chi connectivity index (χ4n) is 1.13. The molecule has 0 radical (unpaired) electrons. The van der Waals surface area contributed by atoms with Crippen LogP contribution < -0.4 is 5.32 Å². The maximum Gasteiger partial charge on any atom is 0.0701 e. The van der Waals surface area contributed by atoms with Gasteiger partial charge in [0.15, 0.2) is 0 Å². The second-order valence-corrected chi connectivity index (χ2v) is 3.50. The highest BCUT2D eigenvalue weighted by Crippen LogP contribution is 1.89. The van der Waals surface area contributed by atoms with Crippen molar-refractivity contribution in [2.75, 3.05) is 33.0 Å². The van der Waals surface area contributed by atoms with E-state index in [1.165, 1.54) is 6.42 Å². The molecule has 0 heterocycles. The second kappa shape index (κ2) is 11.0. The average Bonchev–Trinajstić information content (AvgIpc) is 2.17. The molecular weight excluding hydrogens is 178 g/mol. The summed E-state index contributed by atoms with van der Waals surface area (Å²) >= 11 is 0. The van der Waals surface area contributed by atoms with Gasteiger partial charge in [0.2, 0.25) is 0 Å². The van der Waals surface area contributed by atoms with E-state index in [-0.39, 0.29) is 0 Å². The molecule has 0 spiro atoms. The third kappa shape index (κ3) is 9.96. The topological polar surface area (TPSA) is 30.5 Å². The highest BCUT2D eigenvalue weighted by molar-refractivity contribution is 4.56. The summed E-state index contributed by atoms with van der Waals surface area (Å²) in [5.74, 6) is 0. The summed E-state index contributed by atoms with van der Waals surface area (Å²) in [6.45, 7) is 10.5. The standard InChI is InChI=1S/C11H25NO2/c1-4-6-7-13-8-9-14-10-11(3)12-5-2/h11-12H,4-10H2,1-3H3. The van der Waals surface area contributed by atoms with E-state index in [4.69, 9.17) is 9.47 Å². The summed E-state index contributed by atoms with van der Waals surface area (Å²) in [7, 11) is 0. The molecule has 1 atom stereocenters. The number of nitrogens with one attached hydrogen (secondary N) is 1. The SMILES string of the molecule is CCCCOCCOCC(C)NCC. The molecule has 0 fully saturated rings. The summed E-state index contributed by atoms with van der Waals surface area (Å²) in [6.07, 6.45) is 2.34. The number of rotatable bonds is 10. The van der Waals surface area contributed by atoms with Crippen molar-refractivity contribution in [1.82, 2.24) is 5.32 Å². The molecule has 1 N–H and O–H groups in total. The van der Waals surface area contributed by atoms with Gasteiger partial charge in [0, 0.05) is 12.6 Å². The Kier molecular flexibility index (Phi) is 10.9. The maximum absolute atomic E-state index is 5.44. The molecule has 0 rings (SSSR count). The summed E-state index contributed by atoms with van der Waals surface area (Å²) < 4.78 is 10.8. The first-order chi connectivity index (χ1) is 6.81. The first-order valence-corrected chi connectivity index (χ1v) is 5.70. The molecule has 0 amide bonds. The van der Waals surface area contributed by atoms with Crippen LogP contribution in [0, 0.1) is 0 Å². The summed E-state index contributed by atoms with van der Waals surface area (Å²) in [5.41, 5.74) is 0. The highest BCUT2D eigenvalue weighted by atomic mass is 16.5. The van der Waals surface area contributed by atoms with E-state index in [2.05, 4.69) is 26.1 Å². The Labute approximate surface area is 88.2 Å². The molecule has 0 saturated heterocycles. The minimum Gasteiger partial charge on any atom is -0.379 e. The Bertz CT molecular complexity index is 109. The van der Waals surface area contributed by atoms with Gasteiger partial charge in [-0.2, -0.15) is 0 Å². The lowest BCUT2D eigenvalue weighted by atomic mass is 10.3. The monoisotopic (exact) mass is 203 g/mol. The third-order valence-corrected chi connectivity index (χ3v) is 1.93. The van der Waals surface area contributed by atoms with Crippen LogP contribution in [0.3, 0.4) is 0 Å². The largest absolute Gasteiger partial charge is 0.379 e. The number of hydrogen-bond donors (Lipinski definition) is 1. The first kappa shape index (κ1) is 13.9. The Morgan fingerprint density at radius 3 is 2.43 bits per heavy atom. The molecule has 0 aromatic carbocycles.